The molecule has 184 valence electrons. The summed E-state index contributed by atoms with van der Waals surface area (Å²) in [5.74, 6) is -0.307. The number of nitrogens with zero attached hydrogens (tertiary/aromatic N) is 1. The average molecular weight is 509 g/mol. The molecule has 2 aromatic rings. The number of hydrogen-bond donors (Lipinski definition) is 1. The second-order valence-corrected chi connectivity index (χ2v) is 11.9. The molecule has 33 heavy (non-hydrogen) atoms. The highest BCUT2D eigenvalue weighted by Crippen LogP contribution is 2.26. The van der Waals surface area contributed by atoms with E-state index >= 15 is 0 Å². The van der Waals surface area contributed by atoms with E-state index in [1.54, 1.807) is 0 Å². The Labute approximate surface area is 192 Å². The van der Waals surface area contributed by atoms with Gasteiger partial charge in [0.05, 0.1) is 9.79 Å². The van der Waals surface area contributed by atoms with Crippen LogP contribution >= 0.6 is 0 Å². The van der Waals surface area contributed by atoms with Crippen molar-refractivity contribution in [3.8, 4) is 5.75 Å². The lowest BCUT2D eigenvalue weighted by Crippen LogP contribution is -2.37. The van der Waals surface area contributed by atoms with Gasteiger partial charge in [-0.15, -0.1) is 13.2 Å². The number of anilines is 1. The Hall–Kier alpha value is -2.31. The van der Waals surface area contributed by atoms with E-state index in [4.69, 9.17) is 0 Å². The van der Waals surface area contributed by atoms with Gasteiger partial charge in [-0.2, -0.15) is 4.31 Å². The Morgan fingerprint density at radius 3 is 1.70 bits per heavy atom. The second kappa shape index (κ2) is 10.3. The number of halogens is 3. The zero-order chi connectivity index (χ0) is 25.0. The van der Waals surface area contributed by atoms with Crippen LogP contribution in [0.2, 0.25) is 0 Å². The van der Waals surface area contributed by atoms with E-state index in [9.17, 15) is 30.0 Å². The zero-order valence-electron chi connectivity index (χ0n) is 18.6. The Morgan fingerprint density at radius 1 is 0.818 bits per heavy atom. The van der Waals surface area contributed by atoms with Crippen molar-refractivity contribution in [2.75, 3.05) is 17.8 Å². The standard InChI is InChI=1S/C21H27F3N2O5S2/c1-15(2)13-26(14-16(3)4)33(29,30)20-9-5-17(6-10-20)25-32(27,28)19-11-7-18(8-12-19)31-21(22,23)24/h5-12,15-16,25H,13-14H2,1-4H3. The monoisotopic (exact) mass is 508 g/mol. The molecule has 7 nitrogen and oxygen atoms in total. The topological polar surface area (TPSA) is 92.8 Å². The van der Waals surface area contributed by atoms with Gasteiger partial charge in [0.2, 0.25) is 10.0 Å². The van der Waals surface area contributed by atoms with Crippen molar-refractivity contribution >= 4 is 25.7 Å². The fourth-order valence-corrected chi connectivity index (χ4v) is 5.79. The predicted octanol–water partition coefficient (Wildman–Crippen LogP) is 4.69. The van der Waals surface area contributed by atoms with Crippen molar-refractivity contribution in [3.63, 3.8) is 0 Å². The molecular weight excluding hydrogens is 481 g/mol. The molecule has 0 atom stereocenters. The number of nitrogens with one attached hydrogen (secondary N) is 1. The highest BCUT2D eigenvalue weighted by Gasteiger charge is 2.31. The van der Waals surface area contributed by atoms with Gasteiger partial charge in [-0.3, -0.25) is 4.72 Å². The first-order valence-corrected chi connectivity index (χ1v) is 13.0. The Bertz CT molecular complexity index is 1120. The van der Waals surface area contributed by atoms with Gasteiger partial charge in [-0.05, 0) is 60.4 Å². The fourth-order valence-electron chi connectivity index (χ4n) is 2.96. The summed E-state index contributed by atoms with van der Waals surface area (Å²) in [6.07, 6.45) is -4.89. The summed E-state index contributed by atoms with van der Waals surface area (Å²) < 4.78 is 95.3. The van der Waals surface area contributed by atoms with Gasteiger partial charge in [0.25, 0.3) is 10.0 Å². The summed E-state index contributed by atoms with van der Waals surface area (Å²) in [6.45, 7) is 8.38. The third-order valence-corrected chi connectivity index (χ3v) is 7.49. The maximum absolute atomic E-state index is 13.0. The molecule has 2 rings (SSSR count). The lowest BCUT2D eigenvalue weighted by Gasteiger charge is -2.25. The molecule has 1 N–H and O–H groups in total. The van der Waals surface area contributed by atoms with Crippen molar-refractivity contribution in [3.05, 3.63) is 48.5 Å². The molecule has 0 aliphatic heterocycles. The molecule has 0 aliphatic rings. The minimum absolute atomic E-state index is 0.0281. The third kappa shape index (κ3) is 7.90. The van der Waals surface area contributed by atoms with Gasteiger partial charge in [-0.1, -0.05) is 27.7 Å². The summed E-state index contributed by atoms with van der Waals surface area (Å²) >= 11 is 0. The predicted molar refractivity (Wildman–Crippen MR) is 119 cm³/mol. The van der Waals surface area contributed by atoms with Crippen LogP contribution in [0.3, 0.4) is 0 Å². The molecule has 0 fully saturated rings. The normalized spacial score (nSPS) is 13.0. The van der Waals surface area contributed by atoms with Gasteiger partial charge in [0.1, 0.15) is 5.75 Å². The van der Waals surface area contributed by atoms with Crippen molar-refractivity contribution in [2.45, 2.75) is 43.8 Å². The molecule has 0 radical (unpaired) electrons. The highest BCUT2D eigenvalue weighted by atomic mass is 32.2. The molecule has 0 aliphatic carbocycles. The van der Waals surface area contributed by atoms with E-state index in [1.165, 1.54) is 28.6 Å². The molecule has 12 heteroatoms. The molecule has 0 saturated heterocycles. The van der Waals surface area contributed by atoms with E-state index in [2.05, 4.69) is 9.46 Å². The van der Waals surface area contributed by atoms with Crippen LogP contribution in [0.15, 0.2) is 58.3 Å². The number of hydrogen-bond acceptors (Lipinski definition) is 5. The van der Waals surface area contributed by atoms with Crippen LogP contribution in [0.25, 0.3) is 0 Å². The first-order chi connectivity index (χ1) is 15.1. The Morgan fingerprint density at radius 2 is 1.27 bits per heavy atom. The Kier molecular flexibility index (Phi) is 8.41. The molecule has 0 bridgehead atoms. The van der Waals surface area contributed by atoms with Crippen molar-refractivity contribution in [1.29, 1.82) is 0 Å². The van der Waals surface area contributed by atoms with Crippen LogP contribution in [-0.4, -0.2) is 40.6 Å². The van der Waals surface area contributed by atoms with Crippen LogP contribution in [0.5, 0.6) is 5.75 Å². The molecule has 0 amide bonds. The smallest absolute Gasteiger partial charge is 0.406 e. The number of alkyl halides is 3. The van der Waals surface area contributed by atoms with Gasteiger partial charge in [0.15, 0.2) is 0 Å². The fraction of sp³-hybridized carbons (Fsp3) is 0.429. The second-order valence-electron chi connectivity index (χ2n) is 8.26. The van der Waals surface area contributed by atoms with Crippen LogP contribution in [0, 0.1) is 11.8 Å². The van der Waals surface area contributed by atoms with E-state index in [0.29, 0.717) is 13.1 Å². The van der Waals surface area contributed by atoms with E-state index in [0.717, 1.165) is 24.3 Å². The third-order valence-electron chi connectivity index (χ3n) is 4.25. The van der Waals surface area contributed by atoms with Gasteiger partial charge >= 0.3 is 6.36 Å². The molecule has 2 aromatic carbocycles. The number of sulfonamides is 2. The molecule has 0 aromatic heterocycles. The lowest BCUT2D eigenvalue weighted by molar-refractivity contribution is -0.274. The van der Waals surface area contributed by atoms with Crippen molar-refractivity contribution in [2.24, 2.45) is 11.8 Å². The van der Waals surface area contributed by atoms with Crippen LogP contribution in [0.1, 0.15) is 27.7 Å². The molecule has 0 heterocycles. The van der Waals surface area contributed by atoms with E-state index in [-0.39, 0.29) is 27.3 Å². The van der Waals surface area contributed by atoms with E-state index < -0.39 is 32.2 Å². The van der Waals surface area contributed by atoms with Gasteiger partial charge in [0, 0.05) is 18.8 Å². The number of rotatable bonds is 10. The maximum Gasteiger partial charge on any atom is 0.573 e. The summed E-state index contributed by atoms with van der Waals surface area (Å²) in [6, 6.07) is 8.95. The average Bonchev–Trinajstić information content (AvgIpc) is 2.66. The maximum atomic E-state index is 13.0. The van der Waals surface area contributed by atoms with Crippen LogP contribution in [-0.2, 0) is 20.0 Å². The largest absolute Gasteiger partial charge is 0.573 e. The minimum Gasteiger partial charge on any atom is -0.406 e. The highest BCUT2D eigenvalue weighted by molar-refractivity contribution is 7.92. The quantitative estimate of drug-likeness (QED) is 0.503. The number of ether oxygens (including phenoxy) is 1. The van der Waals surface area contributed by atoms with Crippen LogP contribution in [0.4, 0.5) is 18.9 Å². The number of benzene rings is 2. The zero-order valence-corrected chi connectivity index (χ0v) is 20.3. The molecule has 0 spiro atoms. The first kappa shape index (κ1) is 26.9. The Balaban J connectivity index is 2.20. The van der Waals surface area contributed by atoms with Crippen molar-refractivity contribution in [1.82, 2.24) is 4.31 Å². The first-order valence-electron chi connectivity index (χ1n) is 10.1. The summed E-state index contributed by atoms with van der Waals surface area (Å²) in [5, 5.41) is 0. The van der Waals surface area contributed by atoms with E-state index in [1.807, 2.05) is 27.7 Å². The van der Waals surface area contributed by atoms with Gasteiger partial charge in [-0.25, -0.2) is 16.8 Å². The lowest BCUT2D eigenvalue weighted by atomic mass is 10.2. The van der Waals surface area contributed by atoms with Gasteiger partial charge < -0.3 is 4.74 Å². The SMILES string of the molecule is CC(C)CN(CC(C)C)S(=O)(=O)c1ccc(NS(=O)(=O)c2ccc(OC(F)(F)F)cc2)cc1. The van der Waals surface area contributed by atoms with Crippen LogP contribution < -0.4 is 9.46 Å². The summed E-state index contributed by atoms with van der Waals surface area (Å²) in [7, 11) is -7.89. The summed E-state index contributed by atoms with van der Waals surface area (Å²) in [5.41, 5.74) is 0.101. The summed E-state index contributed by atoms with van der Waals surface area (Å²) in [4.78, 5) is -0.255. The minimum atomic E-state index is -4.89. The molecule has 0 unspecified atom stereocenters. The van der Waals surface area contributed by atoms with Crippen molar-refractivity contribution < 1.29 is 34.7 Å². The molecule has 0 saturated carbocycles. The molecular formula is C21H27F3N2O5S2.